The fourth-order valence-corrected chi connectivity index (χ4v) is 1.99. The first-order valence-electron chi connectivity index (χ1n) is 6.70. The van der Waals surface area contributed by atoms with Gasteiger partial charge in [-0.3, -0.25) is 5.10 Å². The Hall–Kier alpha value is -1.35. The van der Waals surface area contributed by atoms with Crippen molar-refractivity contribution in [3.8, 4) is 0 Å². The highest BCUT2D eigenvalue weighted by Gasteiger charge is 2.53. The summed E-state index contributed by atoms with van der Waals surface area (Å²) in [4.78, 5) is 0. The standard InChI is InChI=1S/C13H17BF4N2O2/c1-7-8(10(20-19-7)13(16,17)18)6-9(15)14-21-11(2,3)12(4,5)22-14/h6H,1-5H3,(H,19,20). The molecule has 0 spiro atoms. The molecule has 0 aliphatic carbocycles. The van der Waals surface area contributed by atoms with Gasteiger partial charge in [0.05, 0.1) is 11.2 Å². The van der Waals surface area contributed by atoms with Crippen molar-refractivity contribution in [2.75, 3.05) is 0 Å². The highest BCUT2D eigenvalue weighted by Crippen LogP contribution is 2.40. The number of nitrogens with zero attached hydrogens (tertiary/aromatic N) is 1. The first-order valence-corrected chi connectivity index (χ1v) is 6.70. The van der Waals surface area contributed by atoms with Crippen molar-refractivity contribution >= 4 is 13.2 Å². The Morgan fingerprint density at radius 3 is 2.14 bits per heavy atom. The van der Waals surface area contributed by atoms with Crippen LogP contribution in [0.3, 0.4) is 0 Å². The molecule has 0 bridgehead atoms. The lowest BCUT2D eigenvalue weighted by Gasteiger charge is -2.32. The summed E-state index contributed by atoms with van der Waals surface area (Å²) in [5.74, 6) is 0. The van der Waals surface area contributed by atoms with E-state index in [2.05, 4.69) is 10.2 Å². The molecular weight excluding hydrogens is 303 g/mol. The van der Waals surface area contributed by atoms with E-state index in [1.165, 1.54) is 6.92 Å². The molecule has 2 heterocycles. The molecular formula is C13H17BF4N2O2. The lowest BCUT2D eigenvalue weighted by Crippen LogP contribution is -2.41. The molecule has 1 saturated heterocycles. The van der Waals surface area contributed by atoms with Crippen LogP contribution in [0.2, 0.25) is 0 Å². The van der Waals surface area contributed by atoms with Crippen LogP contribution in [0.25, 0.3) is 6.08 Å². The Bertz CT molecular complexity index is 592. The highest BCUT2D eigenvalue weighted by molar-refractivity contribution is 6.54. The number of hydrogen-bond acceptors (Lipinski definition) is 3. The van der Waals surface area contributed by atoms with E-state index in [0.717, 1.165) is 6.08 Å². The molecule has 0 unspecified atom stereocenters. The Morgan fingerprint density at radius 2 is 1.68 bits per heavy atom. The van der Waals surface area contributed by atoms with E-state index in [9.17, 15) is 17.6 Å². The Morgan fingerprint density at radius 1 is 1.18 bits per heavy atom. The molecule has 0 saturated carbocycles. The van der Waals surface area contributed by atoms with Gasteiger partial charge < -0.3 is 9.31 Å². The Labute approximate surface area is 126 Å². The van der Waals surface area contributed by atoms with E-state index >= 15 is 0 Å². The van der Waals surface area contributed by atoms with Gasteiger partial charge in [0.25, 0.3) is 0 Å². The minimum absolute atomic E-state index is 0.110. The first-order chi connectivity index (χ1) is 9.85. The van der Waals surface area contributed by atoms with E-state index in [1.54, 1.807) is 27.7 Å². The summed E-state index contributed by atoms with van der Waals surface area (Å²) in [6, 6.07) is 0. The smallest absolute Gasteiger partial charge is 0.398 e. The lowest BCUT2D eigenvalue weighted by molar-refractivity contribution is -0.141. The van der Waals surface area contributed by atoms with Gasteiger partial charge in [0.15, 0.2) is 5.69 Å². The van der Waals surface area contributed by atoms with Crippen molar-refractivity contribution in [3.63, 3.8) is 0 Å². The maximum absolute atomic E-state index is 14.3. The van der Waals surface area contributed by atoms with Gasteiger partial charge in [-0.05, 0) is 40.7 Å². The molecule has 0 amide bonds. The van der Waals surface area contributed by atoms with Crippen LogP contribution in [-0.2, 0) is 15.5 Å². The SMILES string of the molecule is Cc1[nH]nc(C(F)(F)F)c1C=C(F)B1OC(C)(C)C(C)(C)O1. The van der Waals surface area contributed by atoms with Gasteiger partial charge in [-0.15, -0.1) is 0 Å². The van der Waals surface area contributed by atoms with Crippen LogP contribution in [0.5, 0.6) is 0 Å². The van der Waals surface area contributed by atoms with Crippen molar-refractivity contribution in [1.29, 1.82) is 0 Å². The van der Waals surface area contributed by atoms with Crippen molar-refractivity contribution < 1.29 is 26.9 Å². The number of aromatic nitrogens is 2. The summed E-state index contributed by atoms with van der Waals surface area (Å²) in [6.07, 6.45) is -3.92. The molecule has 1 N–H and O–H groups in total. The lowest BCUT2D eigenvalue weighted by atomic mass is 9.86. The van der Waals surface area contributed by atoms with Crippen molar-refractivity contribution in [1.82, 2.24) is 10.2 Å². The van der Waals surface area contributed by atoms with Gasteiger partial charge in [0.1, 0.15) is 5.73 Å². The fourth-order valence-electron chi connectivity index (χ4n) is 1.99. The van der Waals surface area contributed by atoms with Crippen LogP contribution in [0.4, 0.5) is 17.6 Å². The van der Waals surface area contributed by atoms with Crippen LogP contribution < -0.4 is 0 Å². The molecule has 1 aliphatic heterocycles. The summed E-state index contributed by atoms with van der Waals surface area (Å²) >= 11 is 0. The van der Waals surface area contributed by atoms with Gasteiger partial charge in [-0.1, -0.05) is 0 Å². The van der Waals surface area contributed by atoms with Crippen molar-refractivity contribution in [3.05, 3.63) is 22.7 Å². The third-order valence-electron chi connectivity index (χ3n) is 4.02. The van der Waals surface area contributed by atoms with E-state index in [1.807, 2.05) is 0 Å². The summed E-state index contributed by atoms with van der Waals surface area (Å²) in [5.41, 5.74) is -3.91. The zero-order chi connectivity index (χ0) is 16.9. The quantitative estimate of drug-likeness (QED) is 0.668. The molecule has 122 valence electrons. The summed E-state index contributed by atoms with van der Waals surface area (Å²) in [7, 11) is -1.35. The monoisotopic (exact) mass is 320 g/mol. The largest absolute Gasteiger partial charge is 0.525 e. The molecule has 9 heteroatoms. The summed E-state index contributed by atoms with van der Waals surface area (Å²) in [5, 5.41) is 5.39. The second-order valence-corrected chi connectivity index (χ2v) is 6.23. The van der Waals surface area contributed by atoms with E-state index in [4.69, 9.17) is 9.31 Å². The summed E-state index contributed by atoms with van der Waals surface area (Å²) < 4.78 is 63.7. The second kappa shape index (κ2) is 5.09. The molecule has 1 fully saturated rings. The molecule has 2 rings (SSSR count). The molecule has 1 aromatic heterocycles. The van der Waals surface area contributed by atoms with Crippen LogP contribution in [0, 0.1) is 6.92 Å². The summed E-state index contributed by atoms with van der Waals surface area (Å²) in [6.45, 7) is 8.29. The number of nitrogens with one attached hydrogen (secondary N) is 1. The number of hydrogen-bond donors (Lipinski definition) is 1. The van der Waals surface area contributed by atoms with E-state index < -0.39 is 35.9 Å². The normalized spacial score (nSPS) is 21.5. The minimum Gasteiger partial charge on any atom is -0.398 e. The zero-order valence-corrected chi connectivity index (χ0v) is 12.9. The van der Waals surface area contributed by atoms with Crippen LogP contribution in [-0.4, -0.2) is 28.5 Å². The average Bonchev–Trinajstić information content (AvgIpc) is 2.78. The zero-order valence-electron chi connectivity index (χ0n) is 12.9. The predicted molar refractivity (Wildman–Crippen MR) is 73.5 cm³/mol. The van der Waals surface area contributed by atoms with Crippen LogP contribution in [0.1, 0.15) is 44.6 Å². The van der Waals surface area contributed by atoms with Crippen molar-refractivity contribution in [2.24, 2.45) is 0 Å². The molecule has 1 aliphatic rings. The number of H-pyrrole nitrogens is 1. The highest BCUT2D eigenvalue weighted by atomic mass is 19.4. The van der Waals surface area contributed by atoms with Gasteiger partial charge >= 0.3 is 13.3 Å². The fraction of sp³-hybridized carbons (Fsp3) is 0.615. The number of aryl methyl sites for hydroxylation is 1. The number of halogens is 4. The predicted octanol–water partition coefficient (Wildman–Crippen LogP) is 3.68. The van der Waals surface area contributed by atoms with Crippen molar-refractivity contribution in [2.45, 2.75) is 52.0 Å². The molecule has 22 heavy (non-hydrogen) atoms. The number of alkyl halides is 3. The van der Waals surface area contributed by atoms with Gasteiger partial charge in [-0.25, -0.2) is 4.39 Å². The van der Waals surface area contributed by atoms with Crippen LogP contribution in [0.15, 0.2) is 5.73 Å². The average molecular weight is 320 g/mol. The molecule has 0 atom stereocenters. The Balaban J connectivity index is 2.34. The molecule has 1 aromatic rings. The van der Waals surface area contributed by atoms with E-state index in [-0.39, 0.29) is 11.3 Å². The van der Waals surface area contributed by atoms with Crippen LogP contribution >= 0.6 is 0 Å². The maximum atomic E-state index is 14.3. The second-order valence-electron chi connectivity index (χ2n) is 6.23. The number of rotatable bonds is 2. The topological polar surface area (TPSA) is 47.1 Å². The first kappa shape index (κ1) is 17.0. The molecule has 0 radical (unpaired) electrons. The van der Waals surface area contributed by atoms with Gasteiger partial charge in [0, 0.05) is 11.3 Å². The Kier molecular flexibility index (Phi) is 3.94. The maximum Gasteiger partial charge on any atom is 0.525 e. The third-order valence-corrected chi connectivity index (χ3v) is 4.02. The van der Waals surface area contributed by atoms with Gasteiger partial charge in [0.2, 0.25) is 0 Å². The minimum atomic E-state index is -4.67. The van der Waals surface area contributed by atoms with Gasteiger partial charge in [-0.2, -0.15) is 18.3 Å². The number of aromatic amines is 1. The molecule has 0 aromatic carbocycles. The molecule has 4 nitrogen and oxygen atoms in total. The third kappa shape index (κ3) is 2.92. The van der Waals surface area contributed by atoms with E-state index in [0.29, 0.717) is 0 Å².